The minimum absolute atomic E-state index is 0.0459. The third kappa shape index (κ3) is 5.08. The fraction of sp³-hybridized carbons (Fsp3) is 0.235. The predicted molar refractivity (Wildman–Crippen MR) is 96.2 cm³/mol. The Balaban J connectivity index is 1.98. The van der Waals surface area contributed by atoms with Crippen molar-refractivity contribution in [3.05, 3.63) is 68.2 Å². The second-order valence-corrected chi connectivity index (χ2v) is 6.25. The molecule has 0 spiro atoms. The first-order valence-corrected chi connectivity index (χ1v) is 8.20. The molecule has 0 saturated carbocycles. The first kappa shape index (κ1) is 19.0. The summed E-state index contributed by atoms with van der Waals surface area (Å²) in [6.07, 6.45) is -0.782. The van der Waals surface area contributed by atoms with Gasteiger partial charge in [0.1, 0.15) is 5.75 Å². The number of ether oxygens (including phenoxy) is 1. The summed E-state index contributed by atoms with van der Waals surface area (Å²) in [5, 5.41) is 14.4. The lowest BCUT2D eigenvalue weighted by molar-refractivity contribution is -0.384. The van der Waals surface area contributed by atoms with E-state index in [0.717, 1.165) is 5.56 Å². The highest BCUT2D eigenvalue weighted by molar-refractivity contribution is 6.35. The Labute approximate surface area is 154 Å². The second-order valence-electron chi connectivity index (χ2n) is 5.41. The zero-order valence-corrected chi connectivity index (χ0v) is 15.0. The molecule has 1 amide bonds. The molecule has 0 fully saturated rings. The molecule has 6 nitrogen and oxygen atoms in total. The van der Waals surface area contributed by atoms with E-state index in [1.165, 1.54) is 24.3 Å². The number of nitro benzene ring substituents is 1. The van der Waals surface area contributed by atoms with Gasteiger partial charge in [0.15, 0.2) is 6.10 Å². The molecule has 0 aromatic heterocycles. The first-order valence-electron chi connectivity index (χ1n) is 7.44. The number of rotatable bonds is 6. The molecule has 25 heavy (non-hydrogen) atoms. The van der Waals surface area contributed by atoms with Gasteiger partial charge in [-0.05, 0) is 43.7 Å². The van der Waals surface area contributed by atoms with Crippen molar-refractivity contribution in [2.45, 2.75) is 26.0 Å². The van der Waals surface area contributed by atoms with Crippen molar-refractivity contribution in [1.29, 1.82) is 0 Å². The van der Waals surface area contributed by atoms with E-state index in [1.54, 1.807) is 32.0 Å². The molecule has 0 unspecified atom stereocenters. The lowest BCUT2D eigenvalue weighted by atomic mass is 10.1. The molecule has 2 rings (SSSR count). The summed E-state index contributed by atoms with van der Waals surface area (Å²) in [6, 6.07) is 10.2. The minimum Gasteiger partial charge on any atom is -0.481 e. The largest absolute Gasteiger partial charge is 0.481 e. The molecule has 0 saturated heterocycles. The van der Waals surface area contributed by atoms with Gasteiger partial charge < -0.3 is 10.1 Å². The normalized spacial score (nSPS) is 13.0. The maximum Gasteiger partial charge on any atom is 0.269 e. The van der Waals surface area contributed by atoms with E-state index in [-0.39, 0.29) is 17.6 Å². The number of benzene rings is 2. The molecule has 2 aromatic rings. The highest BCUT2D eigenvalue weighted by Crippen LogP contribution is 2.26. The van der Waals surface area contributed by atoms with Crippen LogP contribution in [0.3, 0.4) is 0 Å². The van der Waals surface area contributed by atoms with Crippen molar-refractivity contribution >= 4 is 34.8 Å². The Bertz CT molecular complexity index is 781. The van der Waals surface area contributed by atoms with Crippen LogP contribution in [-0.2, 0) is 4.79 Å². The first-order chi connectivity index (χ1) is 11.8. The number of hydrogen-bond acceptors (Lipinski definition) is 4. The van der Waals surface area contributed by atoms with Gasteiger partial charge in [0.05, 0.1) is 11.0 Å². The van der Waals surface area contributed by atoms with Crippen molar-refractivity contribution in [2.24, 2.45) is 0 Å². The number of hydrogen-bond donors (Lipinski definition) is 1. The Kier molecular flexibility index (Phi) is 6.22. The maximum atomic E-state index is 12.3. The van der Waals surface area contributed by atoms with E-state index in [4.69, 9.17) is 27.9 Å². The Hall–Kier alpha value is -2.31. The van der Waals surface area contributed by atoms with Gasteiger partial charge in [-0.2, -0.15) is 0 Å². The number of nitrogens with one attached hydrogen (secondary N) is 1. The Morgan fingerprint density at radius 3 is 2.36 bits per heavy atom. The van der Waals surface area contributed by atoms with Gasteiger partial charge in [-0.1, -0.05) is 29.3 Å². The van der Waals surface area contributed by atoms with E-state index in [1.807, 2.05) is 0 Å². The van der Waals surface area contributed by atoms with Crippen molar-refractivity contribution < 1.29 is 14.5 Å². The van der Waals surface area contributed by atoms with Crippen LogP contribution in [0.25, 0.3) is 0 Å². The summed E-state index contributed by atoms with van der Waals surface area (Å²) in [4.78, 5) is 22.4. The number of halogens is 2. The molecule has 0 aliphatic rings. The molecule has 0 heterocycles. The summed E-state index contributed by atoms with van der Waals surface area (Å²) in [5.41, 5.74) is 0.692. The molecule has 0 radical (unpaired) electrons. The zero-order chi connectivity index (χ0) is 18.6. The average Bonchev–Trinajstić information content (AvgIpc) is 2.55. The van der Waals surface area contributed by atoms with E-state index >= 15 is 0 Å². The van der Waals surface area contributed by atoms with Crippen LogP contribution in [0.1, 0.15) is 25.5 Å². The monoisotopic (exact) mass is 382 g/mol. The predicted octanol–water partition coefficient (Wildman–Crippen LogP) is 4.55. The molecular formula is C17H16Cl2N2O4. The number of amides is 1. The minimum atomic E-state index is -0.782. The number of carbonyl (C=O) groups is 1. The van der Waals surface area contributed by atoms with Gasteiger partial charge in [-0.25, -0.2) is 0 Å². The molecule has 2 atom stereocenters. The lowest BCUT2D eigenvalue weighted by Crippen LogP contribution is -2.37. The summed E-state index contributed by atoms with van der Waals surface area (Å²) in [5.74, 6) is 0.0299. The van der Waals surface area contributed by atoms with Crippen LogP contribution >= 0.6 is 23.2 Å². The SMILES string of the molecule is C[C@H](Oc1ccc([N+](=O)[O-])cc1)C(=O)N[C@H](C)c1ccc(Cl)cc1Cl. The summed E-state index contributed by atoms with van der Waals surface area (Å²) >= 11 is 12.0. The van der Waals surface area contributed by atoms with Crippen molar-refractivity contribution in [3.63, 3.8) is 0 Å². The van der Waals surface area contributed by atoms with Crippen molar-refractivity contribution in [1.82, 2.24) is 5.32 Å². The fourth-order valence-corrected chi connectivity index (χ4v) is 2.74. The number of carbonyl (C=O) groups excluding carboxylic acids is 1. The van der Waals surface area contributed by atoms with Crippen molar-refractivity contribution in [3.8, 4) is 5.75 Å². The van der Waals surface area contributed by atoms with Crippen LogP contribution in [0.15, 0.2) is 42.5 Å². The maximum absolute atomic E-state index is 12.3. The standard InChI is InChI=1S/C17H16Cl2N2O4/c1-10(15-8-3-12(18)9-16(15)19)20-17(22)11(2)25-14-6-4-13(5-7-14)21(23)24/h3-11H,1-2H3,(H,20,22)/t10-,11+/m1/s1. The second kappa shape index (κ2) is 8.18. The molecule has 0 bridgehead atoms. The fourth-order valence-electron chi connectivity index (χ4n) is 2.17. The quantitative estimate of drug-likeness (QED) is 0.586. The highest BCUT2D eigenvalue weighted by Gasteiger charge is 2.19. The van der Waals surface area contributed by atoms with Crippen LogP contribution in [0, 0.1) is 10.1 Å². The van der Waals surface area contributed by atoms with E-state index in [9.17, 15) is 14.9 Å². The molecule has 132 valence electrons. The Morgan fingerprint density at radius 1 is 1.16 bits per heavy atom. The van der Waals surface area contributed by atoms with Crippen LogP contribution in [-0.4, -0.2) is 16.9 Å². The van der Waals surface area contributed by atoms with E-state index in [2.05, 4.69) is 5.32 Å². The molecule has 2 aromatic carbocycles. The number of nitrogens with zero attached hydrogens (tertiary/aromatic N) is 1. The van der Waals surface area contributed by atoms with Crippen LogP contribution in [0.2, 0.25) is 10.0 Å². The van der Waals surface area contributed by atoms with Gasteiger partial charge in [-0.3, -0.25) is 14.9 Å². The molecule has 1 N–H and O–H groups in total. The lowest BCUT2D eigenvalue weighted by Gasteiger charge is -2.20. The van der Waals surface area contributed by atoms with Crippen LogP contribution < -0.4 is 10.1 Å². The smallest absolute Gasteiger partial charge is 0.269 e. The third-order valence-electron chi connectivity index (χ3n) is 3.52. The van der Waals surface area contributed by atoms with E-state index < -0.39 is 11.0 Å². The van der Waals surface area contributed by atoms with Crippen molar-refractivity contribution in [2.75, 3.05) is 0 Å². The zero-order valence-electron chi connectivity index (χ0n) is 13.5. The van der Waals surface area contributed by atoms with Gasteiger partial charge in [0.25, 0.3) is 11.6 Å². The van der Waals surface area contributed by atoms with Gasteiger partial charge in [0.2, 0.25) is 0 Å². The summed E-state index contributed by atoms with van der Waals surface area (Å²) in [6.45, 7) is 3.39. The number of non-ortho nitro benzene ring substituents is 1. The Morgan fingerprint density at radius 2 is 1.80 bits per heavy atom. The van der Waals surface area contributed by atoms with Gasteiger partial charge >= 0.3 is 0 Å². The number of nitro groups is 1. The van der Waals surface area contributed by atoms with Crippen LogP contribution in [0.5, 0.6) is 5.75 Å². The summed E-state index contributed by atoms with van der Waals surface area (Å²) < 4.78 is 5.51. The van der Waals surface area contributed by atoms with Gasteiger partial charge in [-0.15, -0.1) is 0 Å². The van der Waals surface area contributed by atoms with Gasteiger partial charge in [0, 0.05) is 22.2 Å². The molecule has 8 heteroatoms. The molecule has 0 aliphatic heterocycles. The third-order valence-corrected chi connectivity index (χ3v) is 4.08. The summed E-state index contributed by atoms with van der Waals surface area (Å²) in [7, 11) is 0. The molecular weight excluding hydrogens is 367 g/mol. The average molecular weight is 383 g/mol. The topological polar surface area (TPSA) is 81.5 Å². The molecule has 0 aliphatic carbocycles. The van der Waals surface area contributed by atoms with E-state index in [0.29, 0.717) is 15.8 Å². The highest BCUT2D eigenvalue weighted by atomic mass is 35.5. The van der Waals surface area contributed by atoms with Crippen LogP contribution in [0.4, 0.5) is 5.69 Å².